The van der Waals surface area contributed by atoms with E-state index in [2.05, 4.69) is 60.2 Å². The zero-order valence-electron chi connectivity index (χ0n) is 16.7. The minimum absolute atomic E-state index is 0.276. The van der Waals surface area contributed by atoms with Crippen LogP contribution in [0.15, 0.2) is 24.3 Å². The molecule has 0 aromatic heterocycles. The quantitative estimate of drug-likeness (QED) is 0.892. The summed E-state index contributed by atoms with van der Waals surface area (Å²) in [6, 6.07) is 10.3. The fourth-order valence-corrected chi connectivity index (χ4v) is 4.91. The van der Waals surface area contributed by atoms with Crippen molar-refractivity contribution in [1.82, 2.24) is 10.2 Å². The van der Waals surface area contributed by atoms with E-state index in [4.69, 9.17) is 4.74 Å². The van der Waals surface area contributed by atoms with E-state index in [1.807, 2.05) is 0 Å². The van der Waals surface area contributed by atoms with Crippen LogP contribution in [-0.2, 0) is 0 Å². The van der Waals surface area contributed by atoms with E-state index >= 15 is 0 Å². The number of hydrogen-bond donors (Lipinski definition) is 1. The van der Waals surface area contributed by atoms with E-state index in [1.165, 1.54) is 31.4 Å². The van der Waals surface area contributed by atoms with E-state index in [-0.39, 0.29) is 5.54 Å². The zero-order chi connectivity index (χ0) is 18.1. The Bertz CT molecular complexity index is 574. The number of nitrogens with zero attached hydrogens (tertiary/aromatic N) is 2. The molecule has 0 radical (unpaired) electrons. The Morgan fingerprint density at radius 2 is 1.58 bits per heavy atom. The SMILES string of the molecule is CC(C)(C)N1CCN(c2ccc(OC[C@H]3C[C@H]4CC[C@@H](C3)N4)cc2)CC1. The van der Waals surface area contributed by atoms with Crippen molar-refractivity contribution in [2.45, 2.75) is 64.1 Å². The number of benzene rings is 1. The lowest BCUT2D eigenvalue weighted by molar-refractivity contribution is 0.128. The maximum absolute atomic E-state index is 6.12. The van der Waals surface area contributed by atoms with Gasteiger partial charge in [-0.2, -0.15) is 0 Å². The molecule has 3 fully saturated rings. The van der Waals surface area contributed by atoms with Gasteiger partial charge in [-0.3, -0.25) is 4.90 Å². The molecule has 0 amide bonds. The Kier molecular flexibility index (Phi) is 5.15. The fraction of sp³-hybridized carbons (Fsp3) is 0.727. The maximum Gasteiger partial charge on any atom is 0.119 e. The Morgan fingerprint density at radius 1 is 0.962 bits per heavy atom. The van der Waals surface area contributed by atoms with Gasteiger partial charge >= 0.3 is 0 Å². The van der Waals surface area contributed by atoms with Crippen molar-refractivity contribution in [3.63, 3.8) is 0 Å². The minimum atomic E-state index is 0.276. The zero-order valence-corrected chi connectivity index (χ0v) is 16.7. The first kappa shape index (κ1) is 18.1. The average Bonchev–Trinajstić information content (AvgIpc) is 2.98. The molecule has 3 heterocycles. The number of anilines is 1. The number of piperazine rings is 1. The highest BCUT2D eigenvalue weighted by Gasteiger charge is 2.33. The summed E-state index contributed by atoms with van der Waals surface area (Å²) in [5, 5.41) is 3.71. The standard InChI is InChI=1S/C22H35N3O/c1-22(2,3)25-12-10-24(11-13-25)20-6-8-21(9-7-20)26-16-17-14-18-4-5-19(15-17)23-18/h6-9,17-19,23H,4-5,10-16H2,1-3H3/t17-,18+,19-. The molecule has 0 unspecified atom stereocenters. The summed E-state index contributed by atoms with van der Waals surface area (Å²) in [5.41, 5.74) is 1.60. The largest absolute Gasteiger partial charge is 0.493 e. The third-order valence-corrected chi connectivity index (χ3v) is 6.49. The highest BCUT2D eigenvalue weighted by molar-refractivity contribution is 5.49. The predicted molar refractivity (Wildman–Crippen MR) is 108 cm³/mol. The molecule has 1 N–H and O–H groups in total. The van der Waals surface area contributed by atoms with Crippen LogP contribution in [0.25, 0.3) is 0 Å². The molecule has 0 aliphatic carbocycles. The molecule has 4 heteroatoms. The molecule has 2 bridgehead atoms. The van der Waals surface area contributed by atoms with Crippen LogP contribution < -0.4 is 15.0 Å². The third-order valence-electron chi connectivity index (χ3n) is 6.49. The van der Waals surface area contributed by atoms with Gasteiger partial charge in [0, 0.05) is 49.5 Å². The predicted octanol–water partition coefficient (Wildman–Crippen LogP) is 3.52. The third kappa shape index (κ3) is 4.17. The molecule has 1 aromatic carbocycles. The van der Waals surface area contributed by atoms with Gasteiger partial charge in [0.2, 0.25) is 0 Å². The molecule has 3 atom stereocenters. The second-order valence-electron chi connectivity index (χ2n) is 9.43. The highest BCUT2D eigenvalue weighted by Crippen LogP contribution is 2.31. The molecule has 0 saturated carbocycles. The molecule has 4 nitrogen and oxygen atoms in total. The van der Waals surface area contributed by atoms with Crippen molar-refractivity contribution in [3.8, 4) is 5.75 Å². The first-order valence-corrected chi connectivity index (χ1v) is 10.5. The molecule has 26 heavy (non-hydrogen) atoms. The second-order valence-corrected chi connectivity index (χ2v) is 9.43. The molecule has 3 aliphatic heterocycles. The van der Waals surface area contributed by atoms with Gasteiger partial charge in [-0.05, 0) is 76.6 Å². The summed E-state index contributed by atoms with van der Waals surface area (Å²) >= 11 is 0. The van der Waals surface area contributed by atoms with Gasteiger partial charge in [-0.25, -0.2) is 0 Å². The first-order chi connectivity index (χ1) is 12.5. The summed E-state index contributed by atoms with van der Waals surface area (Å²) in [6.45, 7) is 12.3. The number of rotatable bonds is 4. The van der Waals surface area contributed by atoms with E-state index < -0.39 is 0 Å². The normalized spacial score (nSPS) is 29.8. The monoisotopic (exact) mass is 357 g/mol. The van der Waals surface area contributed by atoms with Crippen LogP contribution in [-0.4, -0.2) is 55.3 Å². The Labute approximate surface area is 158 Å². The van der Waals surface area contributed by atoms with Gasteiger partial charge in [0.05, 0.1) is 6.61 Å². The molecular formula is C22H35N3O. The van der Waals surface area contributed by atoms with Gasteiger partial charge in [-0.15, -0.1) is 0 Å². The molecule has 3 aliphatic rings. The van der Waals surface area contributed by atoms with E-state index in [9.17, 15) is 0 Å². The van der Waals surface area contributed by atoms with Crippen molar-refractivity contribution in [3.05, 3.63) is 24.3 Å². The summed E-state index contributed by atoms with van der Waals surface area (Å²) in [5.74, 6) is 1.74. The fourth-order valence-electron chi connectivity index (χ4n) is 4.91. The molecular weight excluding hydrogens is 322 g/mol. The van der Waals surface area contributed by atoms with Crippen molar-refractivity contribution < 1.29 is 4.74 Å². The van der Waals surface area contributed by atoms with Crippen LogP contribution in [0.5, 0.6) is 5.75 Å². The summed E-state index contributed by atoms with van der Waals surface area (Å²) in [6.07, 6.45) is 5.29. The van der Waals surface area contributed by atoms with Gasteiger partial charge in [0.25, 0.3) is 0 Å². The molecule has 0 spiro atoms. The number of piperidine rings is 1. The highest BCUT2D eigenvalue weighted by atomic mass is 16.5. The van der Waals surface area contributed by atoms with E-state index in [1.54, 1.807) is 0 Å². The number of fused-ring (bicyclic) bond motifs is 2. The van der Waals surface area contributed by atoms with Crippen LogP contribution in [0.4, 0.5) is 5.69 Å². The summed E-state index contributed by atoms with van der Waals surface area (Å²) in [7, 11) is 0. The second kappa shape index (κ2) is 7.40. The van der Waals surface area contributed by atoms with Crippen LogP contribution in [0, 0.1) is 5.92 Å². The van der Waals surface area contributed by atoms with Gasteiger partial charge in [-0.1, -0.05) is 0 Å². The molecule has 144 valence electrons. The first-order valence-electron chi connectivity index (χ1n) is 10.5. The van der Waals surface area contributed by atoms with Gasteiger partial charge in [0.15, 0.2) is 0 Å². The van der Waals surface area contributed by atoms with Crippen LogP contribution in [0.1, 0.15) is 46.5 Å². The molecule has 4 rings (SSSR count). The number of ether oxygens (including phenoxy) is 1. The van der Waals surface area contributed by atoms with Crippen LogP contribution in [0.2, 0.25) is 0 Å². The van der Waals surface area contributed by atoms with E-state index in [0.29, 0.717) is 0 Å². The number of hydrogen-bond acceptors (Lipinski definition) is 4. The van der Waals surface area contributed by atoms with Gasteiger partial charge in [0.1, 0.15) is 5.75 Å². The number of nitrogens with one attached hydrogen (secondary N) is 1. The van der Waals surface area contributed by atoms with Crippen molar-refractivity contribution in [1.29, 1.82) is 0 Å². The van der Waals surface area contributed by atoms with Crippen molar-refractivity contribution in [2.24, 2.45) is 5.92 Å². The topological polar surface area (TPSA) is 27.7 Å². The Hall–Kier alpha value is -1.26. The smallest absolute Gasteiger partial charge is 0.119 e. The van der Waals surface area contributed by atoms with E-state index in [0.717, 1.165) is 56.5 Å². The minimum Gasteiger partial charge on any atom is -0.493 e. The molecule has 3 saturated heterocycles. The molecule has 1 aromatic rings. The van der Waals surface area contributed by atoms with Crippen LogP contribution >= 0.6 is 0 Å². The van der Waals surface area contributed by atoms with Crippen molar-refractivity contribution >= 4 is 5.69 Å². The Morgan fingerprint density at radius 3 is 2.15 bits per heavy atom. The average molecular weight is 358 g/mol. The van der Waals surface area contributed by atoms with Crippen LogP contribution in [0.3, 0.4) is 0 Å². The lowest BCUT2D eigenvalue weighted by atomic mass is 9.93. The lowest BCUT2D eigenvalue weighted by Gasteiger charge is -2.43. The maximum atomic E-state index is 6.12. The summed E-state index contributed by atoms with van der Waals surface area (Å²) in [4.78, 5) is 5.07. The Balaban J connectivity index is 1.26. The van der Waals surface area contributed by atoms with Crippen molar-refractivity contribution in [2.75, 3.05) is 37.7 Å². The van der Waals surface area contributed by atoms with Gasteiger partial charge < -0.3 is 15.0 Å². The lowest BCUT2D eigenvalue weighted by Crippen LogP contribution is -2.53. The summed E-state index contributed by atoms with van der Waals surface area (Å²) < 4.78 is 6.12.